The van der Waals surface area contributed by atoms with Crippen LogP contribution in [0.1, 0.15) is 97.3 Å². The number of nitrogens with zero attached hydrogens (tertiary/aromatic N) is 1. The van der Waals surface area contributed by atoms with E-state index >= 15 is 0 Å². The lowest BCUT2D eigenvalue weighted by Gasteiger charge is -2.28. The van der Waals surface area contributed by atoms with Crippen LogP contribution < -0.4 is 0 Å². The first kappa shape index (κ1) is 20.3. The molecule has 0 saturated heterocycles. The van der Waals surface area contributed by atoms with Gasteiger partial charge in [0, 0.05) is 12.7 Å². The molecule has 1 N–H and O–H groups in total. The Morgan fingerprint density at radius 2 is 1.35 bits per heavy atom. The number of hydrogen-bond donors (Lipinski definition) is 1. The molecule has 2 heteroatoms. The maximum Gasteiger partial charge on any atom is 0.146 e. The summed E-state index contributed by atoms with van der Waals surface area (Å²) in [5.74, 6) is 0. The fourth-order valence-corrected chi connectivity index (χ4v) is 3.20. The van der Waals surface area contributed by atoms with Gasteiger partial charge in [-0.25, -0.2) is 0 Å². The lowest BCUT2D eigenvalue weighted by Crippen LogP contribution is -2.31. The third kappa shape index (κ3) is 9.86. The number of rotatable bonds is 14. The Balaban J connectivity index is 1.87. The molecule has 0 saturated carbocycles. The van der Waals surface area contributed by atoms with Gasteiger partial charge in [-0.2, -0.15) is 0 Å². The molecule has 0 aromatic carbocycles. The van der Waals surface area contributed by atoms with Crippen molar-refractivity contribution >= 4 is 0 Å². The van der Waals surface area contributed by atoms with Crippen molar-refractivity contribution in [3.8, 4) is 0 Å². The Hall–Kier alpha value is -0.760. The van der Waals surface area contributed by atoms with Crippen LogP contribution in [0.25, 0.3) is 0 Å². The molecule has 1 heterocycles. The Morgan fingerprint density at radius 3 is 1.83 bits per heavy atom. The lowest BCUT2D eigenvalue weighted by atomic mass is 10.0. The van der Waals surface area contributed by atoms with Crippen LogP contribution in [0.4, 0.5) is 0 Å². The van der Waals surface area contributed by atoms with E-state index in [0.29, 0.717) is 0 Å². The van der Waals surface area contributed by atoms with Crippen LogP contribution >= 0.6 is 0 Å². The van der Waals surface area contributed by atoms with Gasteiger partial charge in [-0.05, 0) is 30.6 Å². The van der Waals surface area contributed by atoms with E-state index in [9.17, 15) is 5.11 Å². The summed E-state index contributed by atoms with van der Waals surface area (Å²) in [4.78, 5) is 2.05. The highest BCUT2D eigenvalue weighted by atomic mass is 16.3. The first-order valence-corrected chi connectivity index (χ1v) is 10.1. The standard InChI is InChI=1S/C21H39NO/c1-3-5-6-7-8-9-10-11-12-13-14-15-17-22-18-16-20(4-2)19-21(22)23/h16,18-19,21,23H,3-15,17H2,1-2H3. The van der Waals surface area contributed by atoms with Crippen LogP contribution in [-0.4, -0.2) is 22.8 Å². The number of aliphatic hydroxyl groups is 1. The maximum atomic E-state index is 10.0. The quantitative estimate of drug-likeness (QED) is 0.387. The predicted octanol–water partition coefficient (Wildman–Crippen LogP) is 6.17. The average Bonchev–Trinajstić information content (AvgIpc) is 2.57. The smallest absolute Gasteiger partial charge is 0.146 e. The normalized spacial score (nSPS) is 17.6. The van der Waals surface area contributed by atoms with E-state index in [2.05, 4.69) is 31.0 Å². The number of hydrogen-bond acceptors (Lipinski definition) is 2. The van der Waals surface area contributed by atoms with Crippen LogP contribution in [0.5, 0.6) is 0 Å². The molecule has 1 aliphatic rings. The molecule has 0 amide bonds. The molecule has 2 nitrogen and oxygen atoms in total. The average molecular weight is 322 g/mol. The van der Waals surface area contributed by atoms with Crippen molar-refractivity contribution in [3.05, 3.63) is 23.9 Å². The van der Waals surface area contributed by atoms with Crippen LogP contribution in [0.15, 0.2) is 23.9 Å². The lowest BCUT2D eigenvalue weighted by molar-refractivity contribution is 0.0751. The van der Waals surface area contributed by atoms with Crippen molar-refractivity contribution in [2.45, 2.75) is 104 Å². The predicted molar refractivity (Wildman–Crippen MR) is 101 cm³/mol. The van der Waals surface area contributed by atoms with Crippen molar-refractivity contribution in [1.82, 2.24) is 4.90 Å². The molecule has 0 spiro atoms. The third-order valence-corrected chi connectivity index (χ3v) is 4.86. The molecular weight excluding hydrogens is 282 g/mol. The van der Waals surface area contributed by atoms with E-state index in [1.165, 1.54) is 82.6 Å². The number of unbranched alkanes of at least 4 members (excludes halogenated alkanes) is 11. The zero-order chi connectivity index (χ0) is 16.8. The molecule has 0 bridgehead atoms. The number of allylic oxidation sites excluding steroid dienone is 2. The van der Waals surface area contributed by atoms with E-state index in [0.717, 1.165) is 13.0 Å². The summed E-state index contributed by atoms with van der Waals surface area (Å²) in [5, 5.41) is 10.0. The summed E-state index contributed by atoms with van der Waals surface area (Å²) < 4.78 is 0. The Bertz CT molecular complexity index is 335. The van der Waals surface area contributed by atoms with E-state index in [1.54, 1.807) is 0 Å². The van der Waals surface area contributed by atoms with E-state index in [4.69, 9.17) is 0 Å². The van der Waals surface area contributed by atoms with Gasteiger partial charge >= 0.3 is 0 Å². The van der Waals surface area contributed by atoms with Crippen LogP contribution in [-0.2, 0) is 0 Å². The van der Waals surface area contributed by atoms with E-state index in [1.807, 2.05) is 6.08 Å². The summed E-state index contributed by atoms with van der Waals surface area (Å²) in [6.45, 7) is 5.38. The zero-order valence-electron chi connectivity index (χ0n) is 15.6. The summed E-state index contributed by atoms with van der Waals surface area (Å²) in [7, 11) is 0. The van der Waals surface area contributed by atoms with Crippen LogP contribution in [0, 0.1) is 0 Å². The molecule has 1 unspecified atom stereocenters. The first-order valence-electron chi connectivity index (χ1n) is 10.1. The van der Waals surface area contributed by atoms with Gasteiger partial charge in [0.1, 0.15) is 6.23 Å². The summed E-state index contributed by atoms with van der Waals surface area (Å²) in [6.07, 6.45) is 23.3. The molecule has 0 radical (unpaired) electrons. The second kappa shape index (κ2) is 13.7. The minimum atomic E-state index is -0.414. The molecule has 23 heavy (non-hydrogen) atoms. The van der Waals surface area contributed by atoms with Crippen molar-refractivity contribution in [1.29, 1.82) is 0 Å². The monoisotopic (exact) mass is 321 g/mol. The van der Waals surface area contributed by atoms with Crippen LogP contribution in [0.2, 0.25) is 0 Å². The van der Waals surface area contributed by atoms with Crippen LogP contribution in [0.3, 0.4) is 0 Å². The van der Waals surface area contributed by atoms with Gasteiger partial charge in [0.15, 0.2) is 0 Å². The van der Waals surface area contributed by atoms with Gasteiger partial charge in [0.05, 0.1) is 0 Å². The van der Waals surface area contributed by atoms with Gasteiger partial charge in [-0.1, -0.05) is 84.5 Å². The van der Waals surface area contributed by atoms with Crippen molar-refractivity contribution in [2.75, 3.05) is 6.54 Å². The summed E-state index contributed by atoms with van der Waals surface area (Å²) in [6, 6.07) is 0. The fourth-order valence-electron chi connectivity index (χ4n) is 3.20. The van der Waals surface area contributed by atoms with E-state index < -0.39 is 6.23 Å². The van der Waals surface area contributed by atoms with Gasteiger partial charge in [0.2, 0.25) is 0 Å². The molecule has 1 rings (SSSR count). The minimum Gasteiger partial charge on any atom is -0.370 e. The Kier molecular flexibility index (Phi) is 12.0. The van der Waals surface area contributed by atoms with Gasteiger partial charge in [-0.15, -0.1) is 0 Å². The molecule has 0 aliphatic carbocycles. The second-order valence-corrected chi connectivity index (χ2v) is 6.95. The molecule has 0 aromatic heterocycles. The SMILES string of the molecule is CCCCCCCCCCCCCCN1C=CC(CC)=CC1O. The fraction of sp³-hybridized carbons (Fsp3) is 0.810. The highest BCUT2D eigenvalue weighted by molar-refractivity contribution is 5.23. The molecule has 134 valence electrons. The molecular formula is C21H39NO. The van der Waals surface area contributed by atoms with Crippen molar-refractivity contribution in [3.63, 3.8) is 0 Å². The Labute approximate surface area is 144 Å². The van der Waals surface area contributed by atoms with Crippen molar-refractivity contribution in [2.24, 2.45) is 0 Å². The largest absolute Gasteiger partial charge is 0.370 e. The highest BCUT2D eigenvalue weighted by Crippen LogP contribution is 2.16. The van der Waals surface area contributed by atoms with Crippen molar-refractivity contribution < 1.29 is 5.11 Å². The molecule has 0 fully saturated rings. The third-order valence-electron chi connectivity index (χ3n) is 4.86. The summed E-state index contributed by atoms with van der Waals surface area (Å²) in [5.41, 5.74) is 1.24. The second-order valence-electron chi connectivity index (χ2n) is 6.95. The maximum absolute atomic E-state index is 10.0. The van der Waals surface area contributed by atoms with Gasteiger partial charge in [-0.3, -0.25) is 0 Å². The highest BCUT2D eigenvalue weighted by Gasteiger charge is 2.12. The summed E-state index contributed by atoms with van der Waals surface area (Å²) >= 11 is 0. The topological polar surface area (TPSA) is 23.5 Å². The molecule has 0 aromatic rings. The Morgan fingerprint density at radius 1 is 0.826 bits per heavy atom. The first-order chi connectivity index (χ1) is 11.3. The number of aliphatic hydroxyl groups excluding tert-OH is 1. The van der Waals surface area contributed by atoms with Gasteiger partial charge < -0.3 is 10.0 Å². The molecule has 1 aliphatic heterocycles. The van der Waals surface area contributed by atoms with E-state index in [-0.39, 0.29) is 0 Å². The molecule has 1 atom stereocenters. The zero-order valence-corrected chi connectivity index (χ0v) is 15.6. The van der Waals surface area contributed by atoms with Gasteiger partial charge in [0.25, 0.3) is 0 Å². The minimum absolute atomic E-state index is 0.414.